The SMILES string of the molecule is O=C(c1ccccc1)c1ccc2n1CCC2COOCCCCOC(=O)C1CCn2c(C(=O)c3ccccc3)ccc21. The van der Waals surface area contributed by atoms with Crippen molar-refractivity contribution in [1.29, 1.82) is 0 Å². The largest absolute Gasteiger partial charge is 0.465 e. The Hall–Kier alpha value is -4.27. The smallest absolute Gasteiger partial charge is 0.315 e. The van der Waals surface area contributed by atoms with Crippen molar-refractivity contribution in [3.05, 3.63) is 119 Å². The van der Waals surface area contributed by atoms with Crippen molar-refractivity contribution in [3.63, 3.8) is 0 Å². The zero-order valence-corrected chi connectivity index (χ0v) is 23.4. The normalized spacial score (nSPS) is 17.1. The van der Waals surface area contributed by atoms with E-state index >= 15 is 0 Å². The molecule has 8 heteroatoms. The first-order valence-electron chi connectivity index (χ1n) is 14.6. The average Bonchev–Trinajstić information content (AvgIpc) is 3.81. The molecule has 0 N–H and O–H groups in total. The van der Waals surface area contributed by atoms with Gasteiger partial charge in [0.2, 0.25) is 11.6 Å². The number of hydrogen-bond acceptors (Lipinski definition) is 6. The molecule has 2 aromatic heterocycles. The summed E-state index contributed by atoms with van der Waals surface area (Å²) in [7, 11) is 0. The first-order chi connectivity index (χ1) is 20.6. The van der Waals surface area contributed by atoms with Gasteiger partial charge in [0, 0.05) is 41.5 Å². The number of unbranched alkanes of at least 4 members (excludes halogenated alkanes) is 1. The number of benzene rings is 2. The van der Waals surface area contributed by atoms with Gasteiger partial charge in [-0.2, -0.15) is 0 Å². The molecule has 4 heterocycles. The number of hydrogen-bond donors (Lipinski definition) is 0. The molecule has 2 aliphatic rings. The van der Waals surface area contributed by atoms with Crippen LogP contribution >= 0.6 is 0 Å². The molecule has 216 valence electrons. The Balaban J connectivity index is 0.890. The molecular formula is C34H34N2O6. The number of nitrogens with zero attached hydrogens (tertiary/aromatic N) is 2. The summed E-state index contributed by atoms with van der Waals surface area (Å²) >= 11 is 0. The molecule has 6 rings (SSSR count). The Bertz CT molecular complexity index is 1560. The van der Waals surface area contributed by atoms with Crippen LogP contribution in [0.1, 0.15) is 81.0 Å². The summed E-state index contributed by atoms with van der Waals surface area (Å²) in [5, 5.41) is 0. The lowest BCUT2D eigenvalue weighted by molar-refractivity contribution is -0.297. The zero-order valence-electron chi connectivity index (χ0n) is 23.4. The molecule has 0 amide bonds. The molecule has 0 spiro atoms. The Kier molecular flexibility index (Phi) is 8.44. The van der Waals surface area contributed by atoms with E-state index in [0.717, 1.165) is 24.4 Å². The van der Waals surface area contributed by atoms with Crippen LogP contribution in [-0.2, 0) is 32.4 Å². The van der Waals surface area contributed by atoms with Gasteiger partial charge in [-0.3, -0.25) is 14.4 Å². The van der Waals surface area contributed by atoms with E-state index in [9.17, 15) is 14.4 Å². The Morgan fingerprint density at radius 1 is 0.643 bits per heavy atom. The molecule has 2 aromatic carbocycles. The third kappa shape index (κ3) is 5.73. The first kappa shape index (κ1) is 27.9. The van der Waals surface area contributed by atoms with Gasteiger partial charge < -0.3 is 13.9 Å². The lowest BCUT2D eigenvalue weighted by Gasteiger charge is -2.11. The first-order valence-corrected chi connectivity index (χ1v) is 14.6. The number of esters is 1. The standard InChI is InChI=1S/C34H34N2O6/c37-32(24-9-3-1-4-10-24)30-15-13-28-26(17-19-35(28)30)23-42-41-22-8-7-21-40-34(39)27-18-20-36-29(27)14-16-31(36)33(38)25-11-5-2-6-12-25/h1-6,9-16,26-27H,7-8,17-23H2. The van der Waals surface area contributed by atoms with E-state index in [-0.39, 0.29) is 29.4 Å². The number of aromatic nitrogens is 2. The third-order valence-electron chi connectivity index (χ3n) is 8.19. The fraction of sp³-hybridized carbons (Fsp3) is 0.324. The maximum atomic E-state index is 12.9. The van der Waals surface area contributed by atoms with Crippen molar-refractivity contribution >= 4 is 17.5 Å². The number of carbonyl (C=O) groups is 3. The van der Waals surface area contributed by atoms with Gasteiger partial charge >= 0.3 is 5.97 Å². The number of ether oxygens (including phenoxy) is 1. The van der Waals surface area contributed by atoms with Gasteiger partial charge in [-0.1, -0.05) is 60.7 Å². The summed E-state index contributed by atoms with van der Waals surface area (Å²) in [6.45, 7) is 2.54. The molecule has 0 fully saturated rings. The number of rotatable bonds is 13. The van der Waals surface area contributed by atoms with Crippen LogP contribution in [0.2, 0.25) is 0 Å². The fourth-order valence-electron chi connectivity index (χ4n) is 5.97. The average molecular weight is 567 g/mol. The van der Waals surface area contributed by atoms with E-state index in [1.807, 2.05) is 71.3 Å². The summed E-state index contributed by atoms with van der Waals surface area (Å²) < 4.78 is 9.58. The molecule has 8 nitrogen and oxygen atoms in total. The van der Waals surface area contributed by atoms with Crippen LogP contribution in [-0.4, -0.2) is 46.5 Å². The van der Waals surface area contributed by atoms with Gasteiger partial charge in [0.05, 0.1) is 37.1 Å². The second-order valence-corrected chi connectivity index (χ2v) is 10.8. The van der Waals surface area contributed by atoms with E-state index in [1.54, 1.807) is 18.2 Å². The van der Waals surface area contributed by atoms with E-state index < -0.39 is 0 Å². The third-order valence-corrected chi connectivity index (χ3v) is 8.19. The summed E-state index contributed by atoms with van der Waals surface area (Å²) in [6.07, 6.45) is 2.89. The van der Waals surface area contributed by atoms with E-state index in [0.29, 0.717) is 68.1 Å². The Morgan fingerprint density at radius 3 is 1.88 bits per heavy atom. The van der Waals surface area contributed by atoms with Gasteiger partial charge in [0.25, 0.3) is 0 Å². The van der Waals surface area contributed by atoms with E-state index in [2.05, 4.69) is 4.57 Å². The lowest BCUT2D eigenvalue weighted by atomic mass is 10.1. The van der Waals surface area contributed by atoms with E-state index in [4.69, 9.17) is 14.5 Å². The van der Waals surface area contributed by atoms with Crippen molar-refractivity contribution in [2.24, 2.45) is 0 Å². The molecule has 0 saturated heterocycles. The van der Waals surface area contributed by atoms with Gasteiger partial charge in [-0.25, -0.2) is 9.78 Å². The predicted octanol–water partition coefficient (Wildman–Crippen LogP) is 5.70. The Morgan fingerprint density at radius 2 is 1.21 bits per heavy atom. The molecule has 0 radical (unpaired) electrons. The zero-order chi connectivity index (χ0) is 28.9. The molecular weight excluding hydrogens is 532 g/mol. The monoisotopic (exact) mass is 566 g/mol. The van der Waals surface area contributed by atoms with Crippen LogP contribution in [0.5, 0.6) is 0 Å². The molecule has 0 saturated carbocycles. The van der Waals surface area contributed by atoms with Crippen LogP contribution < -0.4 is 0 Å². The summed E-state index contributed by atoms with van der Waals surface area (Å²) in [5.74, 6) is -0.432. The number of fused-ring (bicyclic) bond motifs is 2. The molecule has 42 heavy (non-hydrogen) atoms. The second kappa shape index (κ2) is 12.7. The van der Waals surface area contributed by atoms with E-state index in [1.165, 1.54) is 0 Å². The highest BCUT2D eigenvalue weighted by atomic mass is 17.2. The van der Waals surface area contributed by atoms with Crippen molar-refractivity contribution in [3.8, 4) is 0 Å². The summed E-state index contributed by atoms with van der Waals surface area (Å²) in [4.78, 5) is 49.4. The highest BCUT2D eigenvalue weighted by Gasteiger charge is 2.33. The number of carbonyl (C=O) groups excluding carboxylic acids is 3. The highest BCUT2D eigenvalue weighted by molar-refractivity contribution is 6.08. The predicted molar refractivity (Wildman–Crippen MR) is 155 cm³/mol. The van der Waals surface area contributed by atoms with Crippen molar-refractivity contribution in [2.75, 3.05) is 19.8 Å². The summed E-state index contributed by atoms with van der Waals surface area (Å²) in [5.41, 5.74) is 4.58. The van der Waals surface area contributed by atoms with Crippen molar-refractivity contribution < 1.29 is 28.9 Å². The van der Waals surface area contributed by atoms with Crippen LogP contribution in [0.4, 0.5) is 0 Å². The van der Waals surface area contributed by atoms with Gasteiger partial charge in [0.1, 0.15) is 0 Å². The highest BCUT2D eigenvalue weighted by Crippen LogP contribution is 2.33. The molecule has 2 atom stereocenters. The van der Waals surface area contributed by atoms with Gasteiger partial charge in [-0.15, -0.1) is 0 Å². The summed E-state index contributed by atoms with van der Waals surface area (Å²) in [6, 6.07) is 26.1. The van der Waals surface area contributed by atoms with Crippen molar-refractivity contribution in [2.45, 2.75) is 50.6 Å². The van der Waals surface area contributed by atoms with Crippen LogP contribution in [0.25, 0.3) is 0 Å². The molecule has 4 aromatic rings. The molecule has 0 aliphatic carbocycles. The second-order valence-electron chi connectivity index (χ2n) is 10.8. The Labute approximate surface area is 244 Å². The van der Waals surface area contributed by atoms with Gasteiger partial charge in [0.15, 0.2) is 0 Å². The van der Waals surface area contributed by atoms with Crippen LogP contribution in [0.15, 0.2) is 84.9 Å². The molecule has 0 bridgehead atoms. The fourth-order valence-corrected chi connectivity index (χ4v) is 5.97. The minimum absolute atomic E-state index is 0.0326. The van der Waals surface area contributed by atoms with Crippen LogP contribution in [0, 0.1) is 0 Å². The minimum Gasteiger partial charge on any atom is -0.465 e. The lowest BCUT2D eigenvalue weighted by Crippen LogP contribution is -2.15. The number of ketones is 2. The maximum absolute atomic E-state index is 12.9. The maximum Gasteiger partial charge on any atom is 0.315 e. The van der Waals surface area contributed by atoms with Gasteiger partial charge in [-0.05, 0) is 49.9 Å². The molecule has 2 unspecified atom stereocenters. The topological polar surface area (TPSA) is 88.8 Å². The quantitative estimate of drug-likeness (QED) is 0.0679. The minimum atomic E-state index is -0.351. The van der Waals surface area contributed by atoms with Crippen molar-refractivity contribution in [1.82, 2.24) is 9.13 Å². The molecule has 2 aliphatic heterocycles. The van der Waals surface area contributed by atoms with Crippen LogP contribution in [0.3, 0.4) is 0 Å².